The van der Waals surface area contributed by atoms with Crippen LogP contribution in [0.1, 0.15) is 48.0 Å². The third-order valence-electron chi connectivity index (χ3n) is 8.10. The third kappa shape index (κ3) is 4.81. The SMILES string of the molecule is Cn1cc(-c2ccc3c(c2)C(O)C[C@@H]3C(=O)N(CC(=O)N2Cc3cc(F)ccc3OCC2C2CC2)C(N)=O)cn1. The molecule has 1 aromatic heterocycles. The van der Waals surface area contributed by atoms with Crippen molar-refractivity contribution in [3.05, 3.63) is 71.3 Å². The van der Waals surface area contributed by atoms with Crippen molar-refractivity contribution < 1.29 is 28.6 Å². The van der Waals surface area contributed by atoms with E-state index in [0.29, 0.717) is 22.4 Å². The molecule has 4 amide bonds. The molecule has 3 atom stereocenters. The van der Waals surface area contributed by atoms with Gasteiger partial charge in [0, 0.05) is 30.9 Å². The second kappa shape index (κ2) is 10.1. The van der Waals surface area contributed by atoms with Gasteiger partial charge in [-0.25, -0.2) is 9.18 Å². The van der Waals surface area contributed by atoms with Crippen LogP contribution in [0, 0.1) is 11.7 Å². The number of hydrogen-bond donors (Lipinski definition) is 2. The summed E-state index contributed by atoms with van der Waals surface area (Å²) in [6.45, 7) is -0.227. The summed E-state index contributed by atoms with van der Waals surface area (Å²) in [5.41, 5.74) is 9.03. The lowest BCUT2D eigenvalue weighted by Crippen LogP contribution is -2.52. The van der Waals surface area contributed by atoms with Crippen molar-refractivity contribution in [2.45, 2.75) is 43.9 Å². The number of halogens is 1. The second-order valence-electron chi connectivity index (χ2n) is 10.8. The number of urea groups is 1. The number of aryl methyl sites for hydroxylation is 1. The highest BCUT2D eigenvalue weighted by Gasteiger charge is 2.43. The average molecular weight is 548 g/mol. The fraction of sp³-hybridized carbons (Fsp3) is 0.379. The van der Waals surface area contributed by atoms with E-state index in [1.165, 1.54) is 12.1 Å². The number of imide groups is 1. The molecule has 2 unspecified atom stereocenters. The van der Waals surface area contributed by atoms with Crippen LogP contribution < -0.4 is 10.5 Å². The molecule has 1 saturated carbocycles. The summed E-state index contributed by atoms with van der Waals surface area (Å²) in [5.74, 6) is -1.67. The Bertz CT molecular complexity index is 1500. The van der Waals surface area contributed by atoms with E-state index in [-0.39, 0.29) is 31.5 Å². The van der Waals surface area contributed by atoms with E-state index in [4.69, 9.17) is 10.5 Å². The smallest absolute Gasteiger partial charge is 0.321 e. The molecule has 0 bridgehead atoms. The van der Waals surface area contributed by atoms with E-state index < -0.39 is 42.2 Å². The lowest BCUT2D eigenvalue weighted by Gasteiger charge is -2.31. The zero-order valence-corrected chi connectivity index (χ0v) is 22.0. The second-order valence-corrected chi connectivity index (χ2v) is 10.8. The Morgan fingerprint density at radius 2 is 1.95 bits per heavy atom. The first-order valence-electron chi connectivity index (χ1n) is 13.3. The highest BCUT2D eigenvalue weighted by molar-refractivity contribution is 6.01. The van der Waals surface area contributed by atoms with Gasteiger partial charge in [-0.1, -0.05) is 12.1 Å². The van der Waals surface area contributed by atoms with Gasteiger partial charge in [-0.3, -0.25) is 19.2 Å². The molecule has 3 aromatic rings. The maximum atomic E-state index is 14.0. The Balaban J connectivity index is 1.24. The van der Waals surface area contributed by atoms with Crippen LogP contribution in [0.2, 0.25) is 0 Å². The van der Waals surface area contributed by atoms with E-state index in [0.717, 1.165) is 28.9 Å². The van der Waals surface area contributed by atoms with Crippen LogP contribution in [0.5, 0.6) is 5.75 Å². The number of carbonyl (C=O) groups excluding carboxylic acids is 3. The number of rotatable bonds is 5. The molecule has 40 heavy (non-hydrogen) atoms. The number of hydrogen-bond acceptors (Lipinski definition) is 6. The predicted molar refractivity (Wildman–Crippen MR) is 141 cm³/mol. The number of carbonyl (C=O) groups is 3. The normalized spacial score (nSPS) is 21.7. The van der Waals surface area contributed by atoms with E-state index in [2.05, 4.69) is 5.10 Å². The first kappa shape index (κ1) is 26.0. The zero-order chi connectivity index (χ0) is 28.1. The third-order valence-corrected chi connectivity index (χ3v) is 8.10. The molecule has 0 spiro atoms. The standard InChI is InChI=1S/C29H30FN5O5/c1-33-12-19(11-32-33)17-4-6-21-22(9-17)25(36)10-23(21)28(38)35(29(31)39)14-27(37)34-13-18-8-20(30)5-7-26(18)40-15-24(34)16-2-3-16/h4-9,11-12,16,23-25,36H,2-3,10,13-15H2,1H3,(H2,31,39)/t23-,24?,25?/m0/s1. The molecule has 0 radical (unpaired) electrons. The number of aliphatic hydroxyl groups excluding tert-OH is 1. The quantitative estimate of drug-likeness (QED) is 0.505. The summed E-state index contributed by atoms with van der Waals surface area (Å²) in [4.78, 5) is 42.1. The summed E-state index contributed by atoms with van der Waals surface area (Å²) in [6, 6.07) is 8.28. The summed E-state index contributed by atoms with van der Waals surface area (Å²) in [5, 5.41) is 15.0. The van der Waals surface area contributed by atoms with E-state index in [1.54, 1.807) is 27.9 Å². The van der Waals surface area contributed by atoms with Crippen LogP contribution in [0.4, 0.5) is 9.18 Å². The molecule has 3 aliphatic rings. The number of nitrogens with two attached hydrogens (primary N) is 1. The van der Waals surface area contributed by atoms with Crippen molar-refractivity contribution in [3.63, 3.8) is 0 Å². The Morgan fingerprint density at radius 1 is 1.15 bits per heavy atom. The number of nitrogens with zero attached hydrogens (tertiary/aromatic N) is 4. The molecule has 6 rings (SSSR count). The van der Waals surface area contributed by atoms with Crippen molar-refractivity contribution in [1.82, 2.24) is 19.6 Å². The Kier molecular flexibility index (Phi) is 6.53. The lowest BCUT2D eigenvalue weighted by molar-refractivity contribution is -0.141. The highest BCUT2D eigenvalue weighted by Crippen LogP contribution is 2.43. The number of primary amides is 1. The predicted octanol–water partition coefficient (Wildman–Crippen LogP) is 2.85. The van der Waals surface area contributed by atoms with Gasteiger partial charge in [0.1, 0.15) is 24.7 Å². The minimum absolute atomic E-state index is 0.0670. The lowest BCUT2D eigenvalue weighted by atomic mass is 9.97. The Hall–Kier alpha value is -4.25. The molecule has 3 N–H and O–H groups in total. The van der Waals surface area contributed by atoms with Gasteiger partial charge in [0.15, 0.2) is 0 Å². The van der Waals surface area contributed by atoms with Crippen LogP contribution >= 0.6 is 0 Å². The van der Waals surface area contributed by atoms with Gasteiger partial charge in [0.2, 0.25) is 11.8 Å². The molecule has 0 saturated heterocycles. The van der Waals surface area contributed by atoms with E-state index >= 15 is 0 Å². The van der Waals surface area contributed by atoms with Crippen molar-refractivity contribution in [1.29, 1.82) is 0 Å². The van der Waals surface area contributed by atoms with Crippen molar-refractivity contribution in [2.24, 2.45) is 18.7 Å². The maximum Gasteiger partial charge on any atom is 0.321 e. The van der Waals surface area contributed by atoms with E-state index in [9.17, 15) is 23.9 Å². The van der Waals surface area contributed by atoms with Gasteiger partial charge < -0.3 is 20.5 Å². The number of amides is 4. The van der Waals surface area contributed by atoms with Crippen LogP contribution in [0.25, 0.3) is 11.1 Å². The minimum atomic E-state index is -1.05. The van der Waals surface area contributed by atoms with Crippen molar-refractivity contribution in [3.8, 4) is 16.9 Å². The molecular weight excluding hydrogens is 517 g/mol. The Morgan fingerprint density at radius 3 is 2.65 bits per heavy atom. The van der Waals surface area contributed by atoms with Gasteiger partial charge in [0.25, 0.3) is 0 Å². The van der Waals surface area contributed by atoms with Gasteiger partial charge in [-0.15, -0.1) is 0 Å². The van der Waals surface area contributed by atoms with Crippen LogP contribution in [0.15, 0.2) is 48.8 Å². The largest absolute Gasteiger partial charge is 0.491 e. The number of ether oxygens (including phenoxy) is 1. The van der Waals surface area contributed by atoms with Gasteiger partial charge in [0.05, 0.1) is 24.3 Å². The topological polar surface area (TPSA) is 131 Å². The summed E-state index contributed by atoms with van der Waals surface area (Å²) < 4.78 is 21.6. The van der Waals surface area contributed by atoms with E-state index in [1.807, 2.05) is 25.4 Å². The Labute approximate surface area is 230 Å². The molecule has 2 aliphatic carbocycles. The fourth-order valence-corrected chi connectivity index (χ4v) is 5.84. The molecule has 2 aromatic carbocycles. The monoisotopic (exact) mass is 547 g/mol. The number of fused-ring (bicyclic) bond motifs is 2. The maximum absolute atomic E-state index is 14.0. The first-order chi connectivity index (χ1) is 19.2. The number of aliphatic hydroxyl groups is 1. The van der Waals surface area contributed by atoms with Gasteiger partial charge in [-0.2, -0.15) is 5.10 Å². The van der Waals surface area contributed by atoms with Crippen LogP contribution in [0.3, 0.4) is 0 Å². The molecule has 11 heteroatoms. The first-order valence-corrected chi connectivity index (χ1v) is 13.3. The highest BCUT2D eigenvalue weighted by atomic mass is 19.1. The number of aromatic nitrogens is 2. The minimum Gasteiger partial charge on any atom is -0.491 e. The van der Waals surface area contributed by atoms with Gasteiger partial charge >= 0.3 is 6.03 Å². The number of benzene rings is 2. The zero-order valence-electron chi connectivity index (χ0n) is 22.0. The molecule has 208 valence electrons. The van der Waals surface area contributed by atoms with Crippen molar-refractivity contribution >= 4 is 17.8 Å². The molecule has 1 aliphatic heterocycles. The van der Waals surface area contributed by atoms with Crippen LogP contribution in [-0.4, -0.2) is 61.7 Å². The van der Waals surface area contributed by atoms with Crippen LogP contribution in [-0.2, 0) is 23.2 Å². The molecular formula is C29H30FN5O5. The summed E-state index contributed by atoms with van der Waals surface area (Å²) in [7, 11) is 1.81. The molecule has 2 heterocycles. The van der Waals surface area contributed by atoms with Gasteiger partial charge in [-0.05, 0) is 66.1 Å². The molecule has 10 nitrogen and oxygen atoms in total. The molecule has 1 fully saturated rings. The average Bonchev–Trinajstić information content (AvgIpc) is 3.63. The fourth-order valence-electron chi connectivity index (χ4n) is 5.84. The summed E-state index contributed by atoms with van der Waals surface area (Å²) >= 11 is 0. The van der Waals surface area contributed by atoms with Crippen molar-refractivity contribution in [2.75, 3.05) is 13.2 Å². The summed E-state index contributed by atoms with van der Waals surface area (Å²) in [6.07, 6.45) is 4.57.